The van der Waals surface area contributed by atoms with Gasteiger partial charge in [0.2, 0.25) is 0 Å². The van der Waals surface area contributed by atoms with Crippen molar-refractivity contribution in [1.82, 2.24) is 0 Å². The molecule has 0 amide bonds. The molecule has 0 bridgehead atoms. The van der Waals surface area contributed by atoms with Crippen LogP contribution in [0.2, 0.25) is 0 Å². The smallest absolute Gasteiger partial charge is 0.128 e. The molecule has 0 aliphatic carbocycles. The van der Waals surface area contributed by atoms with Gasteiger partial charge in [0, 0.05) is 21.7 Å². The molecule has 0 unspecified atom stereocenters. The Hall–Kier alpha value is -2.08. The summed E-state index contributed by atoms with van der Waals surface area (Å²) >= 11 is 3.21. The van der Waals surface area contributed by atoms with Crippen LogP contribution in [0.25, 0.3) is 0 Å². The fourth-order valence-corrected chi connectivity index (χ4v) is 2.28. The van der Waals surface area contributed by atoms with Crippen molar-refractivity contribution in [2.75, 3.05) is 7.11 Å². The van der Waals surface area contributed by atoms with Gasteiger partial charge >= 0.3 is 0 Å². The van der Waals surface area contributed by atoms with E-state index in [-0.39, 0.29) is 18.3 Å². The highest BCUT2D eigenvalue weighted by Gasteiger charge is 2.08. The van der Waals surface area contributed by atoms with E-state index in [1.54, 1.807) is 31.4 Å². The van der Waals surface area contributed by atoms with Crippen molar-refractivity contribution in [3.05, 3.63) is 57.8 Å². The summed E-state index contributed by atoms with van der Waals surface area (Å²) in [6, 6.07) is 9.45. The summed E-state index contributed by atoms with van der Waals surface area (Å²) in [6.45, 7) is 0.181. The number of nitrogens with two attached hydrogens (primary N) is 1. The normalized spacial score (nSPS) is 10.2. The van der Waals surface area contributed by atoms with Crippen LogP contribution in [0.4, 0.5) is 4.39 Å². The first-order valence-corrected chi connectivity index (χ1v) is 6.89. The van der Waals surface area contributed by atoms with Gasteiger partial charge in [-0.3, -0.25) is 5.41 Å². The molecule has 0 aliphatic rings. The first kappa shape index (κ1) is 15.3. The summed E-state index contributed by atoms with van der Waals surface area (Å²) in [5, 5.41) is 7.45. The number of methoxy groups -OCH3 is 1. The summed E-state index contributed by atoms with van der Waals surface area (Å²) in [5.74, 6) is 0.601. The van der Waals surface area contributed by atoms with Crippen LogP contribution >= 0.6 is 15.9 Å². The maximum Gasteiger partial charge on any atom is 0.128 e. The minimum absolute atomic E-state index is 0.0348. The lowest BCUT2D eigenvalue weighted by atomic mass is 10.1. The third kappa shape index (κ3) is 3.95. The molecule has 0 heterocycles. The second-order valence-electron chi connectivity index (χ2n) is 4.33. The van der Waals surface area contributed by atoms with Crippen molar-refractivity contribution in [2.24, 2.45) is 5.73 Å². The predicted molar refractivity (Wildman–Crippen MR) is 82.4 cm³/mol. The van der Waals surface area contributed by atoms with Crippen LogP contribution in [-0.4, -0.2) is 12.9 Å². The van der Waals surface area contributed by atoms with E-state index in [4.69, 9.17) is 20.6 Å². The van der Waals surface area contributed by atoms with Crippen molar-refractivity contribution in [3.63, 3.8) is 0 Å². The van der Waals surface area contributed by atoms with Gasteiger partial charge < -0.3 is 15.2 Å². The maximum absolute atomic E-state index is 13.3. The first-order chi connectivity index (χ1) is 9.99. The highest BCUT2D eigenvalue weighted by atomic mass is 79.9. The standard InChI is InChI=1S/C15H14BrFN2O2/c1-20-14-3-2-9(15(18)19)4-10(14)8-21-13-6-11(16)5-12(17)7-13/h2-7H,8H2,1H3,(H3,18,19). The largest absolute Gasteiger partial charge is 0.496 e. The molecular weight excluding hydrogens is 339 g/mol. The van der Waals surface area contributed by atoms with E-state index in [1.165, 1.54) is 12.1 Å². The molecule has 2 rings (SSSR count). The van der Waals surface area contributed by atoms with Gasteiger partial charge in [0.25, 0.3) is 0 Å². The maximum atomic E-state index is 13.3. The minimum Gasteiger partial charge on any atom is -0.496 e. The molecule has 0 fully saturated rings. The summed E-state index contributed by atoms with van der Waals surface area (Å²) in [7, 11) is 1.55. The number of ether oxygens (including phenoxy) is 2. The van der Waals surface area contributed by atoms with Crippen molar-refractivity contribution >= 4 is 21.8 Å². The van der Waals surface area contributed by atoms with Gasteiger partial charge in [0.15, 0.2) is 0 Å². The molecule has 0 aromatic heterocycles. The van der Waals surface area contributed by atoms with Crippen LogP contribution in [-0.2, 0) is 6.61 Å². The summed E-state index contributed by atoms with van der Waals surface area (Å²) in [6.07, 6.45) is 0. The van der Waals surface area contributed by atoms with Gasteiger partial charge in [-0.1, -0.05) is 15.9 Å². The number of amidine groups is 1. The number of benzene rings is 2. The Morgan fingerprint density at radius 3 is 2.67 bits per heavy atom. The molecule has 0 aliphatic heterocycles. The van der Waals surface area contributed by atoms with E-state index in [0.717, 1.165) is 5.56 Å². The molecule has 0 saturated carbocycles. The van der Waals surface area contributed by atoms with Crippen LogP contribution in [0, 0.1) is 11.2 Å². The minimum atomic E-state index is -0.385. The molecule has 4 nitrogen and oxygen atoms in total. The molecular formula is C15H14BrFN2O2. The Labute approximate surface area is 130 Å². The average molecular weight is 353 g/mol. The third-order valence-electron chi connectivity index (χ3n) is 2.82. The zero-order valence-electron chi connectivity index (χ0n) is 11.3. The monoisotopic (exact) mass is 352 g/mol. The average Bonchev–Trinajstić information content (AvgIpc) is 2.43. The van der Waals surface area contributed by atoms with E-state index >= 15 is 0 Å². The lowest BCUT2D eigenvalue weighted by Gasteiger charge is -2.12. The Kier molecular flexibility index (Phi) is 4.80. The van der Waals surface area contributed by atoms with Gasteiger partial charge in [0.1, 0.15) is 29.8 Å². The lowest BCUT2D eigenvalue weighted by Crippen LogP contribution is -2.12. The van der Waals surface area contributed by atoms with E-state index in [9.17, 15) is 4.39 Å². The predicted octanol–water partition coefficient (Wildman–Crippen LogP) is 3.46. The van der Waals surface area contributed by atoms with Crippen molar-refractivity contribution in [1.29, 1.82) is 5.41 Å². The van der Waals surface area contributed by atoms with Crippen LogP contribution in [0.1, 0.15) is 11.1 Å². The van der Waals surface area contributed by atoms with Gasteiger partial charge in [-0.05, 0) is 30.3 Å². The summed E-state index contributed by atoms with van der Waals surface area (Å²) in [4.78, 5) is 0. The Balaban J connectivity index is 2.21. The second-order valence-corrected chi connectivity index (χ2v) is 5.25. The molecule has 6 heteroatoms. The molecule has 0 atom stereocenters. The van der Waals surface area contributed by atoms with Crippen LogP contribution in [0.15, 0.2) is 40.9 Å². The number of hydrogen-bond acceptors (Lipinski definition) is 3. The van der Waals surface area contributed by atoms with Gasteiger partial charge in [0.05, 0.1) is 7.11 Å². The highest BCUT2D eigenvalue weighted by Crippen LogP contribution is 2.24. The summed E-state index contributed by atoms with van der Waals surface area (Å²) in [5.41, 5.74) is 6.77. The topological polar surface area (TPSA) is 68.3 Å². The molecule has 2 aromatic rings. The van der Waals surface area contributed by atoms with E-state index < -0.39 is 0 Å². The molecule has 110 valence electrons. The van der Waals surface area contributed by atoms with Crippen LogP contribution in [0.5, 0.6) is 11.5 Å². The second kappa shape index (κ2) is 6.58. The number of hydrogen-bond donors (Lipinski definition) is 2. The van der Waals surface area contributed by atoms with Gasteiger partial charge in [-0.2, -0.15) is 0 Å². The third-order valence-corrected chi connectivity index (χ3v) is 3.28. The van der Waals surface area contributed by atoms with E-state index in [2.05, 4.69) is 15.9 Å². The van der Waals surface area contributed by atoms with Crippen molar-refractivity contribution in [3.8, 4) is 11.5 Å². The molecule has 2 aromatic carbocycles. The first-order valence-electron chi connectivity index (χ1n) is 6.10. The Bertz CT molecular complexity index is 656. The van der Waals surface area contributed by atoms with Crippen LogP contribution < -0.4 is 15.2 Å². The highest BCUT2D eigenvalue weighted by molar-refractivity contribution is 9.10. The zero-order valence-corrected chi connectivity index (χ0v) is 12.9. The molecule has 3 N–H and O–H groups in total. The Morgan fingerprint density at radius 2 is 2.05 bits per heavy atom. The fraction of sp³-hybridized carbons (Fsp3) is 0.133. The number of nitrogens with one attached hydrogen (secondary N) is 1. The Morgan fingerprint density at radius 1 is 1.29 bits per heavy atom. The van der Waals surface area contributed by atoms with Crippen molar-refractivity contribution in [2.45, 2.75) is 6.61 Å². The van der Waals surface area contributed by atoms with E-state index in [0.29, 0.717) is 21.5 Å². The van der Waals surface area contributed by atoms with Crippen molar-refractivity contribution < 1.29 is 13.9 Å². The summed E-state index contributed by atoms with van der Waals surface area (Å²) < 4.78 is 24.7. The fourth-order valence-electron chi connectivity index (χ4n) is 1.83. The molecule has 0 radical (unpaired) electrons. The number of halogens is 2. The SMILES string of the molecule is COc1ccc(C(=N)N)cc1COc1cc(F)cc(Br)c1. The molecule has 21 heavy (non-hydrogen) atoms. The van der Waals surface area contributed by atoms with Gasteiger partial charge in [-0.15, -0.1) is 0 Å². The number of rotatable bonds is 5. The van der Waals surface area contributed by atoms with Gasteiger partial charge in [-0.25, -0.2) is 4.39 Å². The zero-order chi connectivity index (χ0) is 15.4. The van der Waals surface area contributed by atoms with Crippen LogP contribution in [0.3, 0.4) is 0 Å². The molecule has 0 spiro atoms. The quantitative estimate of drug-likeness (QED) is 0.639. The lowest BCUT2D eigenvalue weighted by molar-refractivity contribution is 0.295. The number of nitrogen functional groups attached to an aromatic ring is 1. The molecule has 0 saturated heterocycles. The van der Waals surface area contributed by atoms with E-state index in [1.807, 2.05) is 0 Å².